The number of aromatic nitrogens is 2. The average Bonchev–Trinajstić information content (AvgIpc) is 3.24. The maximum Gasteiger partial charge on any atom is 0.414 e. The Bertz CT molecular complexity index is 939. The topological polar surface area (TPSA) is 67.7 Å². The van der Waals surface area contributed by atoms with Gasteiger partial charge in [-0.2, -0.15) is 5.10 Å². The molecule has 1 aromatic heterocycles. The Balaban J connectivity index is 1.56. The first kappa shape index (κ1) is 18.3. The number of anilines is 1. The molecule has 0 saturated carbocycles. The molecule has 0 unspecified atom stereocenters. The lowest BCUT2D eigenvalue weighted by molar-refractivity contribution is -0.134. The maximum absolute atomic E-state index is 13.4. The summed E-state index contributed by atoms with van der Waals surface area (Å²) < 4.78 is 46.7. The van der Waals surface area contributed by atoms with Crippen LogP contribution in [0.3, 0.4) is 0 Å². The number of halogens is 3. The summed E-state index contributed by atoms with van der Waals surface area (Å²) in [6.45, 7) is 3.11. The minimum Gasteiger partial charge on any atom is -0.447 e. The molecule has 2 amide bonds. The van der Waals surface area contributed by atoms with Gasteiger partial charge in [-0.15, -0.1) is 0 Å². The number of amides is 2. The highest BCUT2D eigenvalue weighted by Crippen LogP contribution is 2.29. The predicted molar refractivity (Wildman–Crippen MR) is 91.0 cm³/mol. The van der Waals surface area contributed by atoms with E-state index >= 15 is 0 Å². The predicted octanol–water partition coefficient (Wildman–Crippen LogP) is 2.23. The molecule has 1 saturated heterocycles. The van der Waals surface area contributed by atoms with E-state index in [0.717, 1.165) is 12.1 Å². The molecular formula is C18H17F3N4O3. The Kier molecular flexibility index (Phi) is 4.48. The molecule has 10 heteroatoms. The molecule has 0 N–H and O–H groups in total. The number of cyclic esters (lactones) is 1. The Morgan fingerprint density at radius 1 is 1.29 bits per heavy atom. The van der Waals surface area contributed by atoms with Crippen molar-refractivity contribution < 1.29 is 27.5 Å². The van der Waals surface area contributed by atoms with Crippen LogP contribution in [0.4, 0.5) is 23.7 Å². The first-order valence-corrected chi connectivity index (χ1v) is 8.77. The summed E-state index contributed by atoms with van der Waals surface area (Å²) in [4.78, 5) is 27.6. The fraction of sp³-hybridized carbons (Fsp3) is 0.389. The highest BCUT2D eigenvalue weighted by atomic mass is 19.2. The number of ether oxygens (including phenoxy) is 1. The molecule has 28 heavy (non-hydrogen) atoms. The lowest BCUT2D eigenvalue weighted by atomic mass is 10.1. The summed E-state index contributed by atoms with van der Waals surface area (Å²) in [6, 6.07) is 1.43. The molecule has 1 aromatic carbocycles. The van der Waals surface area contributed by atoms with E-state index in [9.17, 15) is 22.8 Å². The van der Waals surface area contributed by atoms with E-state index in [2.05, 4.69) is 5.10 Å². The summed E-state index contributed by atoms with van der Waals surface area (Å²) in [5, 5.41) is 4.29. The van der Waals surface area contributed by atoms with E-state index < -0.39 is 23.5 Å². The third-order valence-electron chi connectivity index (χ3n) is 4.99. The zero-order valence-electron chi connectivity index (χ0n) is 15.0. The molecule has 2 aliphatic heterocycles. The second-order valence-corrected chi connectivity index (χ2v) is 6.85. The minimum absolute atomic E-state index is 0.0519. The van der Waals surface area contributed by atoms with Gasteiger partial charge in [0.25, 0.3) is 0 Å². The number of carbonyl (C=O) groups excluding carboxylic acids is 2. The van der Waals surface area contributed by atoms with Crippen LogP contribution in [0.25, 0.3) is 0 Å². The zero-order chi connectivity index (χ0) is 20.0. The largest absolute Gasteiger partial charge is 0.447 e. The van der Waals surface area contributed by atoms with Crippen molar-refractivity contribution in [3.05, 3.63) is 47.0 Å². The molecule has 0 bridgehead atoms. The maximum atomic E-state index is 13.4. The fourth-order valence-electron chi connectivity index (χ4n) is 3.54. The van der Waals surface area contributed by atoms with Gasteiger partial charge in [0.05, 0.1) is 43.6 Å². The van der Waals surface area contributed by atoms with Crippen LogP contribution in [0.5, 0.6) is 0 Å². The van der Waals surface area contributed by atoms with E-state index in [-0.39, 0.29) is 37.1 Å². The number of rotatable bonds is 3. The highest BCUT2D eigenvalue weighted by Gasteiger charge is 2.34. The van der Waals surface area contributed by atoms with Gasteiger partial charge >= 0.3 is 6.09 Å². The monoisotopic (exact) mass is 394 g/mol. The van der Waals surface area contributed by atoms with Gasteiger partial charge in [0.1, 0.15) is 6.61 Å². The molecule has 148 valence electrons. The van der Waals surface area contributed by atoms with Crippen molar-refractivity contribution >= 4 is 17.7 Å². The first-order chi connectivity index (χ1) is 13.3. The summed E-state index contributed by atoms with van der Waals surface area (Å²) in [5.41, 5.74) is 1.31. The van der Waals surface area contributed by atoms with Crippen LogP contribution in [-0.4, -0.2) is 45.9 Å². The van der Waals surface area contributed by atoms with Gasteiger partial charge in [0.15, 0.2) is 17.5 Å². The van der Waals surface area contributed by atoms with E-state index in [1.54, 1.807) is 15.8 Å². The SMILES string of the molecule is C[C@H]1Cn2ncc(N3CCOC3=O)c2CN1C(=O)Cc1cc(F)c(F)c(F)c1. The zero-order valence-corrected chi connectivity index (χ0v) is 15.0. The van der Waals surface area contributed by atoms with Gasteiger partial charge in [-0.1, -0.05) is 0 Å². The van der Waals surface area contributed by atoms with Gasteiger partial charge in [0, 0.05) is 6.04 Å². The molecule has 0 spiro atoms. The summed E-state index contributed by atoms with van der Waals surface area (Å²) in [5.74, 6) is -4.58. The molecule has 2 aromatic rings. The lowest BCUT2D eigenvalue weighted by Gasteiger charge is -2.35. The standard InChI is InChI=1S/C18H17F3N4O3/c1-10-8-25-15(14(7-22-25)23-2-3-28-18(23)27)9-24(10)16(26)6-11-4-12(19)17(21)13(20)5-11/h4-5,7,10H,2-3,6,8-9H2,1H3/t10-/m0/s1. The van der Waals surface area contributed by atoms with Crippen molar-refractivity contribution in [1.29, 1.82) is 0 Å². The number of carbonyl (C=O) groups is 2. The molecule has 7 nitrogen and oxygen atoms in total. The van der Waals surface area contributed by atoms with Crippen LogP contribution in [0.15, 0.2) is 18.3 Å². The fourth-order valence-corrected chi connectivity index (χ4v) is 3.54. The van der Waals surface area contributed by atoms with Gasteiger partial charge in [0.2, 0.25) is 5.91 Å². The summed E-state index contributed by atoms with van der Waals surface area (Å²) in [7, 11) is 0. The number of benzene rings is 1. The van der Waals surface area contributed by atoms with E-state index in [4.69, 9.17) is 4.74 Å². The Hall–Kier alpha value is -3.04. The van der Waals surface area contributed by atoms with E-state index in [0.29, 0.717) is 24.5 Å². The molecule has 0 aliphatic carbocycles. The minimum atomic E-state index is -1.56. The molecule has 4 rings (SSSR count). The smallest absolute Gasteiger partial charge is 0.414 e. The normalized spacial score (nSPS) is 19.0. The van der Waals surface area contributed by atoms with Crippen LogP contribution in [-0.2, 0) is 29.0 Å². The van der Waals surface area contributed by atoms with Crippen molar-refractivity contribution in [1.82, 2.24) is 14.7 Å². The van der Waals surface area contributed by atoms with Crippen LogP contribution in [0.1, 0.15) is 18.2 Å². The Morgan fingerprint density at radius 3 is 2.64 bits per heavy atom. The van der Waals surface area contributed by atoms with Crippen LogP contribution >= 0.6 is 0 Å². The molecular weight excluding hydrogens is 377 g/mol. The summed E-state index contributed by atoms with van der Waals surface area (Å²) in [6.07, 6.45) is 0.825. The molecule has 1 atom stereocenters. The first-order valence-electron chi connectivity index (χ1n) is 8.77. The highest BCUT2D eigenvalue weighted by molar-refractivity contribution is 5.90. The Morgan fingerprint density at radius 2 is 2.00 bits per heavy atom. The second kappa shape index (κ2) is 6.84. The van der Waals surface area contributed by atoms with Gasteiger partial charge < -0.3 is 9.64 Å². The lowest BCUT2D eigenvalue weighted by Crippen LogP contribution is -2.46. The molecule has 3 heterocycles. The van der Waals surface area contributed by atoms with Crippen molar-refractivity contribution in [2.24, 2.45) is 0 Å². The number of hydrogen-bond donors (Lipinski definition) is 0. The summed E-state index contributed by atoms with van der Waals surface area (Å²) >= 11 is 0. The average molecular weight is 394 g/mol. The third kappa shape index (κ3) is 3.08. The number of nitrogens with zero attached hydrogens (tertiary/aromatic N) is 4. The van der Waals surface area contributed by atoms with Crippen molar-refractivity contribution in [2.75, 3.05) is 18.1 Å². The van der Waals surface area contributed by atoms with Crippen LogP contribution in [0, 0.1) is 17.5 Å². The number of hydrogen-bond acceptors (Lipinski definition) is 4. The molecule has 2 aliphatic rings. The van der Waals surface area contributed by atoms with Gasteiger partial charge in [-0.05, 0) is 24.6 Å². The molecule has 1 fully saturated rings. The third-order valence-corrected chi connectivity index (χ3v) is 4.99. The van der Waals surface area contributed by atoms with Crippen molar-refractivity contribution in [3.8, 4) is 0 Å². The van der Waals surface area contributed by atoms with E-state index in [1.807, 2.05) is 6.92 Å². The van der Waals surface area contributed by atoms with Crippen molar-refractivity contribution in [2.45, 2.75) is 32.5 Å². The van der Waals surface area contributed by atoms with Gasteiger partial charge in [-0.3, -0.25) is 14.4 Å². The second-order valence-electron chi connectivity index (χ2n) is 6.85. The quantitative estimate of drug-likeness (QED) is 0.749. The molecule has 0 radical (unpaired) electrons. The Labute approximate surface area is 158 Å². The number of fused-ring (bicyclic) bond motifs is 1. The van der Waals surface area contributed by atoms with Crippen LogP contribution in [0.2, 0.25) is 0 Å². The van der Waals surface area contributed by atoms with Crippen molar-refractivity contribution in [3.63, 3.8) is 0 Å². The van der Waals surface area contributed by atoms with Gasteiger partial charge in [-0.25, -0.2) is 18.0 Å². The van der Waals surface area contributed by atoms with E-state index in [1.165, 1.54) is 4.90 Å². The van der Waals surface area contributed by atoms with Crippen LogP contribution < -0.4 is 4.90 Å².